The maximum atomic E-state index is 6.07. The van der Waals surface area contributed by atoms with Gasteiger partial charge in [0.2, 0.25) is 0 Å². The molecule has 3 nitrogen and oxygen atoms in total. The Morgan fingerprint density at radius 1 is 0.609 bits per heavy atom. The summed E-state index contributed by atoms with van der Waals surface area (Å²) >= 11 is 0. The number of rotatable bonds is 0. The summed E-state index contributed by atoms with van der Waals surface area (Å²) in [6.07, 6.45) is 0. The lowest BCUT2D eigenvalue weighted by molar-refractivity contribution is -0.0334. The summed E-state index contributed by atoms with van der Waals surface area (Å²) in [6.45, 7) is 3.11. The Balaban J connectivity index is 0.000000192. The van der Waals surface area contributed by atoms with E-state index in [1.807, 2.05) is 6.07 Å². The fourth-order valence-corrected chi connectivity index (χ4v) is 3.20. The number of ether oxygens (including phenoxy) is 2. The summed E-state index contributed by atoms with van der Waals surface area (Å²) in [5, 5.41) is 7.61. The van der Waals surface area contributed by atoms with Gasteiger partial charge in [-0.1, -0.05) is 48.5 Å². The van der Waals surface area contributed by atoms with Gasteiger partial charge in [0.15, 0.2) is 0 Å². The zero-order valence-electron chi connectivity index (χ0n) is 12.9. The van der Waals surface area contributed by atoms with Crippen molar-refractivity contribution in [3.05, 3.63) is 54.6 Å². The zero-order valence-corrected chi connectivity index (χ0v) is 12.9. The molecule has 5 rings (SSSR count). The number of nitrogens with two attached hydrogens (primary N) is 1. The summed E-state index contributed by atoms with van der Waals surface area (Å²) < 4.78 is 9.89. The van der Waals surface area contributed by atoms with Crippen LogP contribution in [0, 0.1) is 0 Å². The van der Waals surface area contributed by atoms with Crippen molar-refractivity contribution in [3.8, 4) is 0 Å². The van der Waals surface area contributed by atoms with Gasteiger partial charge in [-0.15, -0.1) is 0 Å². The quantitative estimate of drug-likeness (QED) is 0.391. The van der Waals surface area contributed by atoms with Crippen LogP contribution in [-0.4, -0.2) is 26.4 Å². The first-order valence-electron chi connectivity index (χ1n) is 7.92. The number of benzene rings is 4. The van der Waals surface area contributed by atoms with Gasteiger partial charge in [0.25, 0.3) is 0 Å². The summed E-state index contributed by atoms with van der Waals surface area (Å²) in [5.74, 6) is 0. The van der Waals surface area contributed by atoms with E-state index in [4.69, 9.17) is 15.2 Å². The Kier molecular flexibility index (Phi) is 3.74. The van der Waals surface area contributed by atoms with E-state index < -0.39 is 0 Å². The summed E-state index contributed by atoms with van der Waals surface area (Å²) in [4.78, 5) is 0. The molecule has 0 spiro atoms. The molecular weight excluding hydrogens is 286 g/mol. The third kappa shape index (κ3) is 2.58. The molecule has 1 aliphatic rings. The van der Waals surface area contributed by atoms with Crippen molar-refractivity contribution in [2.75, 3.05) is 32.2 Å². The molecule has 23 heavy (non-hydrogen) atoms. The van der Waals surface area contributed by atoms with Gasteiger partial charge >= 0.3 is 0 Å². The molecule has 2 N–H and O–H groups in total. The van der Waals surface area contributed by atoms with E-state index in [1.54, 1.807) is 0 Å². The van der Waals surface area contributed by atoms with Crippen LogP contribution in [0.3, 0.4) is 0 Å². The molecular formula is C20H19NO2. The maximum Gasteiger partial charge on any atom is 0.0701 e. The molecule has 4 aromatic carbocycles. The lowest BCUT2D eigenvalue weighted by Gasteiger charge is -2.11. The van der Waals surface area contributed by atoms with Gasteiger partial charge in [-0.25, -0.2) is 0 Å². The standard InChI is InChI=1S/C16H11N.C4H8O2/c17-14-9-7-12-5-4-10-2-1-3-11-6-8-13(14)16(12)15(10)11;1-2-6-4-3-5-1/h1-9H,17H2;1-4H2. The van der Waals surface area contributed by atoms with E-state index in [0.29, 0.717) is 0 Å². The van der Waals surface area contributed by atoms with Crippen molar-refractivity contribution >= 4 is 38.0 Å². The fraction of sp³-hybridized carbons (Fsp3) is 0.200. The van der Waals surface area contributed by atoms with Crippen LogP contribution in [0.15, 0.2) is 54.6 Å². The fourth-order valence-electron chi connectivity index (χ4n) is 3.20. The highest BCUT2D eigenvalue weighted by molar-refractivity contribution is 6.24. The molecule has 1 fully saturated rings. The summed E-state index contributed by atoms with van der Waals surface area (Å²) in [6, 6.07) is 19.1. The van der Waals surface area contributed by atoms with Gasteiger partial charge in [-0.3, -0.25) is 0 Å². The Hall–Kier alpha value is -2.36. The molecule has 0 saturated carbocycles. The maximum absolute atomic E-state index is 6.07. The SMILES string of the molecule is C1COCCO1.Nc1ccc2ccc3cccc4ccc1c2c34. The second kappa shape index (κ2) is 6.03. The van der Waals surface area contributed by atoms with Gasteiger partial charge in [0.05, 0.1) is 26.4 Å². The average molecular weight is 305 g/mol. The molecule has 0 unspecified atom stereocenters. The van der Waals surface area contributed by atoms with E-state index >= 15 is 0 Å². The molecule has 116 valence electrons. The number of anilines is 1. The number of nitrogen functional groups attached to an aromatic ring is 1. The molecule has 4 aromatic rings. The van der Waals surface area contributed by atoms with E-state index in [2.05, 4.69) is 48.5 Å². The van der Waals surface area contributed by atoms with E-state index in [-0.39, 0.29) is 0 Å². The van der Waals surface area contributed by atoms with Crippen molar-refractivity contribution in [1.82, 2.24) is 0 Å². The molecule has 3 heteroatoms. The molecule has 1 heterocycles. The van der Waals surface area contributed by atoms with Crippen LogP contribution in [0.25, 0.3) is 32.3 Å². The van der Waals surface area contributed by atoms with Crippen LogP contribution >= 0.6 is 0 Å². The molecule has 0 amide bonds. The van der Waals surface area contributed by atoms with E-state index in [9.17, 15) is 0 Å². The minimum absolute atomic E-state index is 0.778. The summed E-state index contributed by atoms with van der Waals surface area (Å²) in [7, 11) is 0. The minimum Gasteiger partial charge on any atom is -0.398 e. The monoisotopic (exact) mass is 305 g/mol. The van der Waals surface area contributed by atoms with Crippen molar-refractivity contribution in [2.45, 2.75) is 0 Å². The molecule has 0 aliphatic carbocycles. The second-order valence-electron chi connectivity index (χ2n) is 5.74. The predicted octanol–water partition coefficient (Wildman–Crippen LogP) is 4.20. The number of hydrogen-bond acceptors (Lipinski definition) is 3. The van der Waals surface area contributed by atoms with Crippen molar-refractivity contribution in [2.24, 2.45) is 0 Å². The normalized spacial score (nSPS) is 15.0. The molecule has 0 aromatic heterocycles. The molecule has 1 saturated heterocycles. The third-order valence-corrected chi connectivity index (χ3v) is 4.31. The Bertz CT molecular complexity index is 917. The Morgan fingerprint density at radius 2 is 1.13 bits per heavy atom. The van der Waals surface area contributed by atoms with Crippen LogP contribution in [0.5, 0.6) is 0 Å². The molecule has 0 bridgehead atoms. The van der Waals surface area contributed by atoms with Crippen LogP contribution < -0.4 is 5.73 Å². The smallest absolute Gasteiger partial charge is 0.0701 e. The second-order valence-corrected chi connectivity index (χ2v) is 5.74. The van der Waals surface area contributed by atoms with Crippen LogP contribution in [0.1, 0.15) is 0 Å². The lowest BCUT2D eigenvalue weighted by atomic mass is 9.94. The highest BCUT2D eigenvalue weighted by Crippen LogP contribution is 2.36. The van der Waals surface area contributed by atoms with Crippen LogP contribution in [0.4, 0.5) is 5.69 Å². The van der Waals surface area contributed by atoms with E-state index in [1.165, 1.54) is 26.9 Å². The Labute approximate surface area is 134 Å². The van der Waals surface area contributed by atoms with E-state index in [0.717, 1.165) is 37.5 Å². The molecule has 1 aliphatic heterocycles. The minimum atomic E-state index is 0.778. The summed E-state index contributed by atoms with van der Waals surface area (Å²) in [5.41, 5.74) is 6.92. The van der Waals surface area contributed by atoms with Crippen LogP contribution in [0.2, 0.25) is 0 Å². The molecule has 0 atom stereocenters. The van der Waals surface area contributed by atoms with Crippen molar-refractivity contribution in [1.29, 1.82) is 0 Å². The Morgan fingerprint density at radius 3 is 1.74 bits per heavy atom. The largest absolute Gasteiger partial charge is 0.398 e. The zero-order chi connectivity index (χ0) is 15.6. The topological polar surface area (TPSA) is 44.5 Å². The average Bonchev–Trinajstić information content (AvgIpc) is 2.63. The van der Waals surface area contributed by atoms with Crippen molar-refractivity contribution in [3.63, 3.8) is 0 Å². The van der Waals surface area contributed by atoms with Gasteiger partial charge in [-0.05, 0) is 33.0 Å². The predicted molar refractivity (Wildman–Crippen MR) is 96.2 cm³/mol. The van der Waals surface area contributed by atoms with Crippen LogP contribution in [-0.2, 0) is 9.47 Å². The lowest BCUT2D eigenvalue weighted by Crippen LogP contribution is -2.16. The van der Waals surface area contributed by atoms with Gasteiger partial charge in [-0.2, -0.15) is 0 Å². The number of hydrogen-bond donors (Lipinski definition) is 1. The van der Waals surface area contributed by atoms with Gasteiger partial charge in [0.1, 0.15) is 0 Å². The molecule has 0 radical (unpaired) electrons. The van der Waals surface area contributed by atoms with Gasteiger partial charge < -0.3 is 15.2 Å². The third-order valence-electron chi connectivity index (χ3n) is 4.31. The first-order valence-corrected chi connectivity index (χ1v) is 7.92. The highest BCUT2D eigenvalue weighted by Gasteiger charge is 2.08. The first-order chi connectivity index (χ1) is 11.3. The highest BCUT2D eigenvalue weighted by atomic mass is 16.6. The first kappa shape index (κ1) is 14.2. The van der Waals surface area contributed by atoms with Crippen molar-refractivity contribution < 1.29 is 9.47 Å². The van der Waals surface area contributed by atoms with Gasteiger partial charge in [0, 0.05) is 11.1 Å².